The van der Waals surface area contributed by atoms with E-state index in [-0.39, 0.29) is 17.0 Å². The molecule has 0 heterocycles. The summed E-state index contributed by atoms with van der Waals surface area (Å²) in [6.45, 7) is 5.90. The predicted molar refractivity (Wildman–Crippen MR) is 125 cm³/mol. The van der Waals surface area contributed by atoms with E-state index in [2.05, 4.69) is 15.5 Å². The van der Waals surface area contributed by atoms with Gasteiger partial charge in [0.1, 0.15) is 5.69 Å². The van der Waals surface area contributed by atoms with Crippen molar-refractivity contribution in [3.63, 3.8) is 0 Å². The summed E-state index contributed by atoms with van der Waals surface area (Å²) < 4.78 is 0. The second-order valence-electron chi connectivity index (χ2n) is 7.60. The summed E-state index contributed by atoms with van der Waals surface area (Å²) in [5, 5.41) is 24.1. The van der Waals surface area contributed by atoms with Gasteiger partial charge in [0.15, 0.2) is 5.75 Å². The molecular weight excluding hydrogens is 386 g/mol. The number of anilines is 1. The smallest absolute Gasteiger partial charge is 0.259 e. The van der Waals surface area contributed by atoms with Crippen LogP contribution >= 0.6 is 0 Å². The lowest BCUT2D eigenvalue weighted by molar-refractivity contribution is 0.102. The maximum absolute atomic E-state index is 13.0. The summed E-state index contributed by atoms with van der Waals surface area (Å²) in [5.41, 5.74) is 4.89. The lowest BCUT2D eigenvalue weighted by Crippen LogP contribution is -2.13. The molecule has 0 aliphatic carbocycles. The molecule has 154 valence electrons. The van der Waals surface area contributed by atoms with Gasteiger partial charge in [-0.15, -0.1) is 5.11 Å². The van der Waals surface area contributed by atoms with Crippen molar-refractivity contribution in [3.8, 4) is 5.75 Å². The first-order valence-electron chi connectivity index (χ1n) is 10.0. The van der Waals surface area contributed by atoms with Crippen LogP contribution in [0.25, 0.3) is 10.8 Å². The number of carbonyl (C=O) groups excluding carboxylic acids is 1. The van der Waals surface area contributed by atoms with Gasteiger partial charge in [-0.2, -0.15) is 5.11 Å². The Labute approximate surface area is 181 Å². The molecule has 5 heteroatoms. The average Bonchev–Trinajstić information content (AvgIpc) is 2.75. The zero-order valence-corrected chi connectivity index (χ0v) is 17.7. The Morgan fingerprint density at radius 2 is 1.58 bits per heavy atom. The van der Waals surface area contributed by atoms with E-state index < -0.39 is 5.91 Å². The summed E-state index contributed by atoms with van der Waals surface area (Å²) in [5.74, 6) is -0.598. The average molecular weight is 409 g/mol. The molecule has 0 saturated heterocycles. The number of aromatic hydroxyl groups is 1. The lowest BCUT2D eigenvalue weighted by atomic mass is 10.0. The fourth-order valence-corrected chi connectivity index (χ4v) is 3.52. The third kappa shape index (κ3) is 4.16. The van der Waals surface area contributed by atoms with Gasteiger partial charge in [-0.3, -0.25) is 4.79 Å². The number of amides is 1. The molecule has 31 heavy (non-hydrogen) atoms. The van der Waals surface area contributed by atoms with Crippen molar-refractivity contribution in [1.82, 2.24) is 0 Å². The molecule has 0 radical (unpaired) electrons. The highest BCUT2D eigenvalue weighted by molar-refractivity contribution is 6.11. The third-order valence-electron chi connectivity index (χ3n) is 5.24. The van der Waals surface area contributed by atoms with E-state index >= 15 is 0 Å². The summed E-state index contributed by atoms with van der Waals surface area (Å²) in [7, 11) is 0. The van der Waals surface area contributed by atoms with Crippen LogP contribution in [0, 0.1) is 20.8 Å². The van der Waals surface area contributed by atoms with Gasteiger partial charge in [-0.25, -0.2) is 0 Å². The van der Waals surface area contributed by atoms with Gasteiger partial charge >= 0.3 is 0 Å². The molecule has 1 amide bonds. The van der Waals surface area contributed by atoms with E-state index in [1.165, 1.54) is 0 Å². The van der Waals surface area contributed by atoms with Crippen molar-refractivity contribution < 1.29 is 9.90 Å². The number of rotatable bonds is 4. The monoisotopic (exact) mass is 409 g/mol. The number of para-hydroxylation sites is 1. The first-order chi connectivity index (χ1) is 14.9. The van der Waals surface area contributed by atoms with Crippen LogP contribution in [0.3, 0.4) is 0 Å². The van der Waals surface area contributed by atoms with Gasteiger partial charge in [0.05, 0.1) is 11.3 Å². The van der Waals surface area contributed by atoms with Crippen LogP contribution < -0.4 is 5.32 Å². The number of hydrogen-bond donors (Lipinski definition) is 2. The standard InChI is InChI=1S/C26H23N3O2/c1-16-12-13-23(18(3)14-16)28-29-24-20-10-6-5-9-19(20)15-21(25(24)30)26(31)27-22-11-7-4-8-17(22)2/h4-15,30H,1-3H3,(H,27,31)/b29-28+. The molecule has 4 rings (SSSR count). The van der Waals surface area contributed by atoms with Gasteiger partial charge in [0, 0.05) is 11.1 Å². The number of fused-ring (bicyclic) bond motifs is 1. The first kappa shape index (κ1) is 20.3. The minimum atomic E-state index is -0.402. The second-order valence-corrected chi connectivity index (χ2v) is 7.60. The van der Waals surface area contributed by atoms with Gasteiger partial charge in [0.2, 0.25) is 0 Å². The number of nitrogens with one attached hydrogen (secondary N) is 1. The summed E-state index contributed by atoms with van der Waals surface area (Å²) in [4.78, 5) is 13.0. The second kappa shape index (κ2) is 8.40. The Morgan fingerprint density at radius 1 is 0.839 bits per heavy atom. The highest BCUT2D eigenvalue weighted by Gasteiger charge is 2.19. The number of hydrogen-bond acceptors (Lipinski definition) is 4. The zero-order chi connectivity index (χ0) is 22.0. The Morgan fingerprint density at radius 3 is 2.35 bits per heavy atom. The number of benzene rings is 4. The molecule has 4 aromatic rings. The van der Waals surface area contributed by atoms with Crippen LogP contribution in [0.1, 0.15) is 27.0 Å². The van der Waals surface area contributed by atoms with Crippen molar-refractivity contribution in [2.75, 3.05) is 5.32 Å². The molecule has 0 aromatic heterocycles. The minimum absolute atomic E-state index is 0.150. The zero-order valence-electron chi connectivity index (χ0n) is 17.7. The molecule has 5 nitrogen and oxygen atoms in total. The number of nitrogens with zero attached hydrogens (tertiary/aromatic N) is 2. The Kier molecular flexibility index (Phi) is 5.50. The Hall–Kier alpha value is -3.99. The van der Waals surface area contributed by atoms with Crippen LogP contribution in [-0.4, -0.2) is 11.0 Å². The molecule has 0 bridgehead atoms. The van der Waals surface area contributed by atoms with E-state index in [4.69, 9.17) is 0 Å². The van der Waals surface area contributed by atoms with E-state index in [1.54, 1.807) is 6.07 Å². The van der Waals surface area contributed by atoms with Gasteiger partial charge < -0.3 is 10.4 Å². The highest BCUT2D eigenvalue weighted by Crippen LogP contribution is 2.40. The molecular formula is C26H23N3O2. The molecule has 4 aromatic carbocycles. The van der Waals surface area contributed by atoms with Gasteiger partial charge in [-0.1, -0.05) is 60.2 Å². The fourth-order valence-electron chi connectivity index (χ4n) is 3.52. The predicted octanol–water partition coefficient (Wildman–Crippen LogP) is 7.14. The van der Waals surface area contributed by atoms with Crippen molar-refractivity contribution in [2.45, 2.75) is 20.8 Å². The molecule has 0 aliphatic heterocycles. The maximum atomic E-state index is 13.0. The molecule has 0 saturated carbocycles. The third-order valence-corrected chi connectivity index (χ3v) is 5.24. The van der Waals surface area contributed by atoms with E-state index in [0.717, 1.165) is 27.5 Å². The number of aryl methyl sites for hydroxylation is 3. The summed E-state index contributed by atoms with van der Waals surface area (Å²) in [6.07, 6.45) is 0. The molecule has 0 atom stereocenters. The fraction of sp³-hybridized carbons (Fsp3) is 0.115. The number of carbonyl (C=O) groups is 1. The molecule has 0 fully saturated rings. The van der Waals surface area contributed by atoms with Gasteiger partial charge in [-0.05, 0) is 55.5 Å². The Bertz CT molecular complexity index is 1330. The SMILES string of the molecule is Cc1ccc(/N=N/c2c(O)c(C(=O)Nc3ccccc3C)cc3ccccc23)c(C)c1. The van der Waals surface area contributed by atoms with E-state index in [9.17, 15) is 9.90 Å². The normalized spacial score (nSPS) is 11.2. The van der Waals surface area contributed by atoms with Crippen LogP contribution in [0.5, 0.6) is 5.75 Å². The summed E-state index contributed by atoms with van der Waals surface area (Å²) >= 11 is 0. The first-order valence-corrected chi connectivity index (χ1v) is 10.0. The van der Waals surface area contributed by atoms with Crippen LogP contribution in [0.4, 0.5) is 17.1 Å². The van der Waals surface area contributed by atoms with Crippen molar-refractivity contribution in [3.05, 3.63) is 95.1 Å². The number of phenols is 1. The van der Waals surface area contributed by atoms with E-state index in [0.29, 0.717) is 11.4 Å². The largest absolute Gasteiger partial charge is 0.505 e. The molecule has 0 unspecified atom stereocenters. The molecule has 0 aliphatic rings. The van der Waals surface area contributed by atoms with Crippen LogP contribution in [0.15, 0.2) is 83.0 Å². The number of phenolic OH excluding ortho intramolecular Hbond substituents is 1. The van der Waals surface area contributed by atoms with Crippen molar-refractivity contribution in [1.29, 1.82) is 0 Å². The topological polar surface area (TPSA) is 74.0 Å². The minimum Gasteiger partial charge on any atom is -0.505 e. The van der Waals surface area contributed by atoms with Crippen LogP contribution in [0.2, 0.25) is 0 Å². The quantitative estimate of drug-likeness (QED) is 0.352. The highest BCUT2D eigenvalue weighted by atomic mass is 16.3. The summed E-state index contributed by atoms with van der Waals surface area (Å²) in [6, 6.07) is 22.5. The van der Waals surface area contributed by atoms with E-state index in [1.807, 2.05) is 87.5 Å². The molecule has 2 N–H and O–H groups in total. The van der Waals surface area contributed by atoms with Gasteiger partial charge in [0.25, 0.3) is 5.91 Å². The van der Waals surface area contributed by atoms with Crippen LogP contribution in [-0.2, 0) is 0 Å². The lowest BCUT2D eigenvalue weighted by Gasteiger charge is -2.12. The van der Waals surface area contributed by atoms with Crippen molar-refractivity contribution in [2.24, 2.45) is 10.2 Å². The Balaban J connectivity index is 1.79. The maximum Gasteiger partial charge on any atom is 0.259 e. The number of azo groups is 1. The van der Waals surface area contributed by atoms with Crippen molar-refractivity contribution >= 4 is 33.7 Å². The molecule has 0 spiro atoms.